The van der Waals surface area contributed by atoms with Crippen LogP contribution in [0, 0.1) is 13.8 Å². The molecular formula is C29H25N5O2. The molecule has 2 aromatic carbocycles. The highest BCUT2D eigenvalue weighted by Crippen LogP contribution is 2.39. The average Bonchev–Trinajstić information content (AvgIpc) is 3.42. The minimum Gasteiger partial charge on any atom is -0.496 e. The van der Waals surface area contributed by atoms with Crippen molar-refractivity contribution in [2.75, 3.05) is 7.11 Å². The van der Waals surface area contributed by atoms with Crippen LogP contribution in [0.1, 0.15) is 28.5 Å². The molecule has 7 heteroatoms. The molecule has 0 amide bonds. The van der Waals surface area contributed by atoms with Crippen LogP contribution in [0.2, 0.25) is 0 Å². The van der Waals surface area contributed by atoms with Crippen LogP contribution >= 0.6 is 0 Å². The van der Waals surface area contributed by atoms with Crippen molar-refractivity contribution >= 4 is 21.9 Å². The van der Waals surface area contributed by atoms with Gasteiger partial charge in [0.05, 0.1) is 35.6 Å². The summed E-state index contributed by atoms with van der Waals surface area (Å²) >= 11 is 0. The van der Waals surface area contributed by atoms with Crippen molar-refractivity contribution in [1.82, 2.24) is 24.7 Å². The van der Waals surface area contributed by atoms with E-state index >= 15 is 0 Å². The fourth-order valence-electron chi connectivity index (χ4n) is 4.86. The van der Waals surface area contributed by atoms with Crippen molar-refractivity contribution in [3.8, 4) is 16.9 Å². The highest BCUT2D eigenvalue weighted by Gasteiger charge is 2.21. The standard InChI is InChI=1S/C29H25N5O2/c1-18-28(19(2)36-33-18)23-14-24-22(15-26(23)35-3)29-25(16-31-24)32-27(13-21-11-7-8-12-30-21)34(29)17-20-9-5-4-6-10-20/h4-12,14-16H,13,17H2,1-3H3. The first-order valence-electron chi connectivity index (χ1n) is 11.9. The number of methoxy groups -OCH3 is 1. The molecule has 0 aliphatic carbocycles. The number of pyridine rings is 2. The Balaban J connectivity index is 1.60. The van der Waals surface area contributed by atoms with Crippen LogP contribution in [0.25, 0.3) is 33.1 Å². The van der Waals surface area contributed by atoms with Crippen molar-refractivity contribution in [3.63, 3.8) is 0 Å². The molecule has 0 saturated carbocycles. The molecule has 6 rings (SSSR count). The number of hydrogen-bond donors (Lipinski definition) is 0. The SMILES string of the molecule is COc1cc2c(cc1-c1c(C)noc1C)ncc1nc(Cc3ccccn3)n(Cc3ccccc3)c12. The third-order valence-corrected chi connectivity index (χ3v) is 6.52. The second-order valence-corrected chi connectivity index (χ2v) is 8.86. The van der Waals surface area contributed by atoms with E-state index in [9.17, 15) is 0 Å². The third kappa shape index (κ3) is 3.79. The maximum Gasteiger partial charge on any atom is 0.141 e. The molecule has 0 saturated heterocycles. The van der Waals surface area contributed by atoms with Gasteiger partial charge in [0.25, 0.3) is 0 Å². The highest BCUT2D eigenvalue weighted by atomic mass is 16.5. The van der Waals surface area contributed by atoms with Crippen LogP contribution in [0.3, 0.4) is 0 Å². The van der Waals surface area contributed by atoms with Crippen molar-refractivity contribution in [3.05, 3.63) is 102 Å². The van der Waals surface area contributed by atoms with Gasteiger partial charge >= 0.3 is 0 Å². The smallest absolute Gasteiger partial charge is 0.141 e. The molecule has 0 unspecified atom stereocenters. The predicted molar refractivity (Wildman–Crippen MR) is 139 cm³/mol. The zero-order valence-corrected chi connectivity index (χ0v) is 20.4. The first-order chi connectivity index (χ1) is 17.6. The molecule has 0 spiro atoms. The number of hydrogen-bond acceptors (Lipinski definition) is 6. The Bertz CT molecular complexity index is 1670. The summed E-state index contributed by atoms with van der Waals surface area (Å²) in [6.45, 7) is 4.53. The normalized spacial score (nSPS) is 11.4. The molecule has 0 fully saturated rings. The number of imidazole rings is 1. The van der Waals surface area contributed by atoms with Gasteiger partial charge in [-0.05, 0) is 43.7 Å². The Morgan fingerprint density at radius 3 is 2.50 bits per heavy atom. The van der Waals surface area contributed by atoms with E-state index in [1.807, 2.05) is 50.5 Å². The van der Waals surface area contributed by atoms with Gasteiger partial charge in [0.15, 0.2) is 0 Å². The molecular weight excluding hydrogens is 450 g/mol. The Labute approximate surface area is 208 Å². The Kier molecular flexibility index (Phi) is 5.45. The summed E-state index contributed by atoms with van der Waals surface area (Å²) in [6.07, 6.45) is 4.29. The molecule has 4 heterocycles. The molecule has 0 atom stereocenters. The first-order valence-corrected chi connectivity index (χ1v) is 11.9. The lowest BCUT2D eigenvalue weighted by Gasteiger charge is -2.13. The number of rotatable bonds is 6. The van der Waals surface area contributed by atoms with Gasteiger partial charge in [-0.3, -0.25) is 9.97 Å². The van der Waals surface area contributed by atoms with Gasteiger partial charge in [0, 0.05) is 35.8 Å². The van der Waals surface area contributed by atoms with E-state index in [1.54, 1.807) is 7.11 Å². The van der Waals surface area contributed by atoms with Crippen molar-refractivity contribution in [2.24, 2.45) is 0 Å². The molecule has 0 N–H and O–H groups in total. The maximum absolute atomic E-state index is 5.86. The second kappa shape index (κ2) is 8.92. The summed E-state index contributed by atoms with van der Waals surface area (Å²) in [5.74, 6) is 2.43. The van der Waals surface area contributed by atoms with Crippen LogP contribution in [-0.2, 0) is 13.0 Å². The lowest BCUT2D eigenvalue weighted by atomic mass is 10.0. The number of ether oxygens (including phenoxy) is 1. The van der Waals surface area contributed by atoms with Crippen LogP contribution in [0.15, 0.2) is 77.6 Å². The molecule has 6 aromatic rings. The lowest BCUT2D eigenvalue weighted by molar-refractivity contribution is 0.393. The Morgan fingerprint density at radius 1 is 0.944 bits per heavy atom. The van der Waals surface area contributed by atoms with E-state index < -0.39 is 0 Å². The number of aryl methyl sites for hydroxylation is 2. The van der Waals surface area contributed by atoms with E-state index in [0.717, 1.165) is 61.8 Å². The molecule has 36 heavy (non-hydrogen) atoms. The van der Waals surface area contributed by atoms with E-state index in [1.165, 1.54) is 5.56 Å². The summed E-state index contributed by atoms with van der Waals surface area (Å²) in [5.41, 5.74) is 7.56. The van der Waals surface area contributed by atoms with Crippen LogP contribution < -0.4 is 4.74 Å². The van der Waals surface area contributed by atoms with Gasteiger partial charge in [-0.2, -0.15) is 0 Å². The van der Waals surface area contributed by atoms with Gasteiger partial charge in [0.2, 0.25) is 0 Å². The van der Waals surface area contributed by atoms with Gasteiger partial charge < -0.3 is 13.8 Å². The zero-order valence-electron chi connectivity index (χ0n) is 20.4. The Hall–Kier alpha value is -4.52. The topological polar surface area (TPSA) is 78.9 Å². The van der Waals surface area contributed by atoms with Crippen LogP contribution in [0.4, 0.5) is 0 Å². The maximum atomic E-state index is 5.86. The fraction of sp³-hybridized carbons (Fsp3) is 0.172. The molecule has 178 valence electrons. The summed E-state index contributed by atoms with van der Waals surface area (Å²) in [5, 5.41) is 5.11. The van der Waals surface area contributed by atoms with Crippen LogP contribution in [0.5, 0.6) is 5.75 Å². The highest BCUT2D eigenvalue weighted by molar-refractivity contribution is 6.05. The molecule has 0 aliphatic heterocycles. The van der Waals surface area contributed by atoms with Gasteiger partial charge in [-0.1, -0.05) is 41.6 Å². The van der Waals surface area contributed by atoms with Crippen molar-refractivity contribution in [1.29, 1.82) is 0 Å². The van der Waals surface area contributed by atoms with E-state index in [-0.39, 0.29) is 0 Å². The summed E-state index contributed by atoms with van der Waals surface area (Å²) < 4.78 is 13.6. The molecule has 7 nitrogen and oxygen atoms in total. The zero-order chi connectivity index (χ0) is 24.6. The second-order valence-electron chi connectivity index (χ2n) is 8.86. The molecule has 4 aromatic heterocycles. The first kappa shape index (κ1) is 22.0. The quantitative estimate of drug-likeness (QED) is 0.298. The summed E-state index contributed by atoms with van der Waals surface area (Å²) in [4.78, 5) is 14.3. The minimum atomic E-state index is 0.623. The van der Waals surface area contributed by atoms with Gasteiger partial charge in [-0.25, -0.2) is 4.98 Å². The molecule has 0 bridgehead atoms. The Morgan fingerprint density at radius 2 is 1.78 bits per heavy atom. The largest absolute Gasteiger partial charge is 0.496 e. The van der Waals surface area contributed by atoms with E-state index in [2.05, 4.69) is 51.1 Å². The van der Waals surface area contributed by atoms with Crippen molar-refractivity contribution in [2.45, 2.75) is 26.8 Å². The molecule has 0 aliphatic rings. The number of fused-ring (bicyclic) bond motifs is 3. The lowest BCUT2D eigenvalue weighted by Crippen LogP contribution is -2.07. The third-order valence-electron chi connectivity index (χ3n) is 6.52. The fourth-order valence-corrected chi connectivity index (χ4v) is 4.86. The predicted octanol–water partition coefficient (Wildman–Crippen LogP) is 5.90. The van der Waals surface area contributed by atoms with E-state index in [4.69, 9.17) is 19.2 Å². The number of aromatic nitrogens is 5. The van der Waals surface area contributed by atoms with Crippen LogP contribution in [-0.4, -0.2) is 31.8 Å². The average molecular weight is 476 g/mol. The summed E-state index contributed by atoms with van der Waals surface area (Å²) in [7, 11) is 1.68. The van der Waals surface area contributed by atoms with Crippen molar-refractivity contribution < 1.29 is 9.26 Å². The molecule has 0 radical (unpaired) electrons. The van der Waals surface area contributed by atoms with Gasteiger partial charge in [0.1, 0.15) is 22.9 Å². The van der Waals surface area contributed by atoms with Gasteiger partial charge in [-0.15, -0.1) is 0 Å². The van der Waals surface area contributed by atoms with E-state index in [0.29, 0.717) is 13.0 Å². The number of benzene rings is 2. The monoisotopic (exact) mass is 475 g/mol. The summed E-state index contributed by atoms with van der Waals surface area (Å²) in [6, 6.07) is 20.5. The number of nitrogens with zero attached hydrogens (tertiary/aromatic N) is 5. The minimum absolute atomic E-state index is 0.623.